The van der Waals surface area contributed by atoms with Crippen LogP contribution in [0, 0.1) is 5.92 Å². The molecule has 0 aliphatic carbocycles. The lowest BCUT2D eigenvalue weighted by molar-refractivity contribution is 0.268. The number of hydrogen-bond acceptors (Lipinski definition) is 4. The summed E-state index contributed by atoms with van der Waals surface area (Å²) in [6, 6.07) is 8.10. The highest BCUT2D eigenvalue weighted by atomic mass is 15.1. The number of aromatic nitrogens is 1. The summed E-state index contributed by atoms with van der Waals surface area (Å²) in [5, 5.41) is 1.06. The molecule has 3 rings (SSSR count). The first-order valence-electron chi connectivity index (χ1n) is 7.62. The van der Waals surface area contributed by atoms with Crippen molar-refractivity contribution in [3.63, 3.8) is 0 Å². The van der Waals surface area contributed by atoms with Gasteiger partial charge in [-0.15, -0.1) is 0 Å². The van der Waals surface area contributed by atoms with Gasteiger partial charge in [0.2, 0.25) is 0 Å². The van der Waals surface area contributed by atoms with Crippen molar-refractivity contribution in [1.82, 2.24) is 14.8 Å². The summed E-state index contributed by atoms with van der Waals surface area (Å²) in [5.41, 5.74) is 9.14. The van der Waals surface area contributed by atoms with Crippen LogP contribution in [0.2, 0.25) is 0 Å². The Kier molecular flexibility index (Phi) is 4.08. The van der Waals surface area contributed by atoms with E-state index in [4.69, 9.17) is 5.73 Å². The Morgan fingerprint density at radius 2 is 2.24 bits per heavy atom. The Bertz CT molecular complexity index is 625. The smallest absolute Gasteiger partial charge is 0.0767 e. The van der Waals surface area contributed by atoms with Gasteiger partial charge in [-0.05, 0) is 56.7 Å². The summed E-state index contributed by atoms with van der Waals surface area (Å²) in [5.74, 6) is 0.785. The van der Waals surface area contributed by atoms with Crippen molar-refractivity contribution in [3.8, 4) is 0 Å². The molecule has 2 heterocycles. The second-order valence-electron chi connectivity index (χ2n) is 6.33. The third-order valence-corrected chi connectivity index (χ3v) is 4.39. The van der Waals surface area contributed by atoms with Crippen molar-refractivity contribution in [3.05, 3.63) is 36.0 Å². The zero-order valence-corrected chi connectivity index (χ0v) is 12.9. The largest absolute Gasteiger partial charge is 0.398 e. The van der Waals surface area contributed by atoms with Crippen LogP contribution in [0.1, 0.15) is 12.0 Å². The summed E-state index contributed by atoms with van der Waals surface area (Å²) < 4.78 is 0. The Labute approximate surface area is 126 Å². The first-order valence-corrected chi connectivity index (χ1v) is 7.62. The first-order chi connectivity index (χ1) is 10.1. The molecule has 0 radical (unpaired) electrons. The van der Waals surface area contributed by atoms with Gasteiger partial charge >= 0.3 is 0 Å². The molecule has 0 spiro atoms. The molecule has 2 aromatic rings. The maximum absolute atomic E-state index is 6.04. The van der Waals surface area contributed by atoms with Gasteiger partial charge in [0.15, 0.2) is 0 Å². The monoisotopic (exact) mass is 284 g/mol. The van der Waals surface area contributed by atoms with Crippen molar-refractivity contribution in [1.29, 1.82) is 0 Å². The summed E-state index contributed by atoms with van der Waals surface area (Å²) in [4.78, 5) is 9.35. The number of benzene rings is 1. The zero-order chi connectivity index (χ0) is 14.8. The van der Waals surface area contributed by atoms with Gasteiger partial charge in [0.1, 0.15) is 0 Å². The number of pyridine rings is 1. The van der Waals surface area contributed by atoms with Crippen molar-refractivity contribution >= 4 is 16.6 Å². The van der Waals surface area contributed by atoms with E-state index in [1.165, 1.54) is 25.1 Å². The van der Waals surface area contributed by atoms with E-state index in [-0.39, 0.29) is 0 Å². The predicted molar refractivity (Wildman–Crippen MR) is 88.1 cm³/mol. The van der Waals surface area contributed by atoms with E-state index < -0.39 is 0 Å². The molecule has 1 aliphatic heterocycles. The van der Waals surface area contributed by atoms with Gasteiger partial charge < -0.3 is 15.5 Å². The standard InChI is InChI=1S/C17H24N4/c1-20-9-7-13(10-20)11-21(2)12-14-5-6-16(18)15-4-3-8-19-17(14)15/h3-6,8,13H,7,9-12,18H2,1-2H3. The second-order valence-corrected chi connectivity index (χ2v) is 6.33. The molecule has 0 bridgehead atoms. The topological polar surface area (TPSA) is 45.4 Å². The molecule has 112 valence electrons. The highest BCUT2D eigenvalue weighted by Crippen LogP contribution is 2.24. The molecule has 1 aromatic carbocycles. The van der Waals surface area contributed by atoms with Crippen LogP contribution in [0.3, 0.4) is 0 Å². The number of likely N-dealkylation sites (tertiary alicyclic amines) is 1. The molecule has 0 amide bonds. The Balaban J connectivity index is 1.74. The molecule has 1 fully saturated rings. The van der Waals surface area contributed by atoms with E-state index in [0.717, 1.165) is 35.6 Å². The van der Waals surface area contributed by atoms with Gasteiger partial charge in [0.05, 0.1) is 5.52 Å². The average Bonchev–Trinajstić information content (AvgIpc) is 2.87. The molecule has 1 aromatic heterocycles. The van der Waals surface area contributed by atoms with E-state index in [1.807, 2.05) is 24.4 Å². The highest BCUT2D eigenvalue weighted by Gasteiger charge is 2.21. The third kappa shape index (κ3) is 3.17. The lowest BCUT2D eigenvalue weighted by Gasteiger charge is -2.21. The van der Waals surface area contributed by atoms with E-state index >= 15 is 0 Å². The molecule has 1 atom stereocenters. The second kappa shape index (κ2) is 6.00. The number of rotatable bonds is 4. The molecule has 1 aliphatic rings. The van der Waals surface area contributed by atoms with Crippen LogP contribution in [-0.4, -0.2) is 48.5 Å². The van der Waals surface area contributed by atoms with Gasteiger partial charge in [0.25, 0.3) is 0 Å². The van der Waals surface area contributed by atoms with Crippen LogP contribution in [-0.2, 0) is 6.54 Å². The number of nitrogens with two attached hydrogens (primary N) is 1. The lowest BCUT2D eigenvalue weighted by Crippen LogP contribution is -2.27. The Morgan fingerprint density at radius 3 is 3.00 bits per heavy atom. The number of nitrogen functional groups attached to an aromatic ring is 1. The van der Waals surface area contributed by atoms with Crippen LogP contribution in [0.15, 0.2) is 30.5 Å². The van der Waals surface area contributed by atoms with E-state index in [9.17, 15) is 0 Å². The fourth-order valence-electron chi connectivity index (χ4n) is 3.35. The van der Waals surface area contributed by atoms with Crippen LogP contribution >= 0.6 is 0 Å². The molecule has 0 saturated carbocycles. The number of fused-ring (bicyclic) bond motifs is 1. The minimum atomic E-state index is 0.785. The summed E-state index contributed by atoms with van der Waals surface area (Å²) >= 11 is 0. The molecule has 2 N–H and O–H groups in total. The van der Waals surface area contributed by atoms with E-state index in [0.29, 0.717) is 0 Å². The van der Waals surface area contributed by atoms with E-state index in [1.54, 1.807) is 0 Å². The average molecular weight is 284 g/mol. The van der Waals surface area contributed by atoms with Gasteiger partial charge in [0, 0.05) is 36.9 Å². The summed E-state index contributed by atoms with van der Waals surface area (Å²) in [6.07, 6.45) is 3.15. The van der Waals surface area contributed by atoms with Crippen molar-refractivity contribution in [2.24, 2.45) is 5.92 Å². The molecular formula is C17H24N4. The lowest BCUT2D eigenvalue weighted by atomic mass is 10.1. The van der Waals surface area contributed by atoms with Gasteiger partial charge in [-0.3, -0.25) is 4.98 Å². The predicted octanol–water partition coefficient (Wildman–Crippen LogP) is 2.20. The van der Waals surface area contributed by atoms with Crippen LogP contribution in [0.25, 0.3) is 10.9 Å². The molecule has 4 nitrogen and oxygen atoms in total. The maximum atomic E-state index is 6.04. The third-order valence-electron chi connectivity index (χ3n) is 4.39. The van der Waals surface area contributed by atoms with Crippen LogP contribution in [0.5, 0.6) is 0 Å². The number of anilines is 1. The Hall–Kier alpha value is -1.65. The van der Waals surface area contributed by atoms with E-state index in [2.05, 4.69) is 34.9 Å². The zero-order valence-electron chi connectivity index (χ0n) is 12.9. The van der Waals surface area contributed by atoms with Crippen molar-refractivity contribution < 1.29 is 0 Å². The minimum Gasteiger partial charge on any atom is -0.398 e. The molecule has 21 heavy (non-hydrogen) atoms. The fraction of sp³-hybridized carbons (Fsp3) is 0.471. The van der Waals surface area contributed by atoms with Crippen LogP contribution in [0.4, 0.5) is 5.69 Å². The first kappa shape index (κ1) is 14.3. The minimum absolute atomic E-state index is 0.785. The normalized spacial score (nSPS) is 19.7. The number of hydrogen-bond donors (Lipinski definition) is 1. The molecule has 1 unspecified atom stereocenters. The SMILES string of the molecule is CN1CCC(CN(C)Cc2ccc(N)c3cccnc23)C1. The van der Waals surface area contributed by atoms with Crippen molar-refractivity contribution in [2.75, 3.05) is 39.5 Å². The maximum Gasteiger partial charge on any atom is 0.0767 e. The molecule has 4 heteroatoms. The van der Waals surface area contributed by atoms with Gasteiger partial charge in [-0.1, -0.05) is 6.07 Å². The fourth-order valence-corrected chi connectivity index (χ4v) is 3.35. The van der Waals surface area contributed by atoms with Crippen LogP contribution < -0.4 is 5.73 Å². The van der Waals surface area contributed by atoms with Crippen molar-refractivity contribution in [2.45, 2.75) is 13.0 Å². The highest BCUT2D eigenvalue weighted by molar-refractivity contribution is 5.92. The molecular weight excluding hydrogens is 260 g/mol. The number of nitrogens with zero attached hydrogens (tertiary/aromatic N) is 3. The summed E-state index contributed by atoms with van der Waals surface area (Å²) in [7, 11) is 4.40. The van der Waals surface area contributed by atoms with Gasteiger partial charge in [-0.2, -0.15) is 0 Å². The molecule has 1 saturated heterocycles. The van der Waals surface area contributed by atoms with Gasteiger partial charge in [-0.25, -0.2) is 0 Å². The Morgan fingerprint density at radius 1 is 1.38 bits per heavy atom. The quantitative estimate of drug-likeness (QED) is 0.874. The summed E-state index contributed by atoms with van der Waals surface area (Å²) in [6.45, 7) is 4.51.